The lowest BCUT2D eigenvalue weighted by molar-refractivity contribution is -0.140. The van der Waals surface area contributed by atoms with E-state index in [2.05, 4.69) is 5.32 Å². The van der Waals surface area contributed by atoms with Gasteiger partial charge in [0, 0.05) is 18.1 Å². The van der Waals surface area contributed by atoms with Crippen LogP contribution < -0.4 is 19.1 Å². The summed E-state index contributed by atoms with van der Waals surface area (Å²) in [6, 6.07) is 18.4. The number of nitrogens with zero attached hydrogens (tertiary/aromatic N) is 2. The first-order valence-corrected chi connectivity index (χ1v) is 14.6. The molecule has 214 valence electrons. The van der Waals surface area contributed by atoms with Crippen molar-refractivity contribution in [2.45, 2.75) is 37.8 Å². The normalized spacial score (nSPS) is 11.8. The van der Waals surface area contributed by atoms with Gasteiger partial charge in [-0.2, -0.15) is 0 Å². The fourth-order valence-corrected chi connectivity index (χ4v) is 5.76. The predicted molar refractivity (Wildman–Crippen MR) is 155 cm³/mol. The highest BCUT2D eigenvalue weighted by Crippen LogP contribution is 2.28. The number of ether oxygens (including phenoxy) is 2. The zero-order valence-corrected chi connectivity index (χ0v) is 24.5. The molecule has 3 aromatic rings. The fourth-order valence-electron chi connectivity index (χ4n) is 4.17. The molecule has 0 radical (unpaired) electrons. The number of likely N-dealkylation sites (N-methyl/N-ethyl adjacent to an activating group) is 1. The summed E-state index contributed by atoms with van der Waals surface area (Å²) in [6.07, 6.45) is 0.329. The first-order chi connectivity index (χ1) is 19.1. The summed E-state index contributed by atoms with van der Waals surface area (Å²) in [7, 11) is -1.18. The van der Waals surface area contributed by atoms with Gasteiger partial charge in [0.25, 0.3) is 10.0 Å². The van der Waals surface area contributed by atoms with Crippen molar-refractivity contribution in [3.63, 3.8) is 0 Å². The minimum Gasteiger partial charge on any atom is -0.497 e. The molecular formula is C29H34ClN3O6S. The molecular weight excluding hydrogens is 554 g/mol. The minimum absolute atomic E-state index is 0.0291. The lowest BCUT2D eigenvalue weighted by atomic mass is 10.1. The number of nitrogens with one attached hydrogen (secondary N) is 1. The Hall–Kier alpha value is -3.76. The molecule has 0 aliphatic heterocycles. The molecule has 11 heteroatoms. The Labute approximate surface area is 240 Å². The van der Waals surface area contributed by atoms with E-state index in [4.69, 9.17) is 21.1 Å². The number of halogens is 1. The molecule has 9 nitrogen and oxygen atoms in total. The molecule has 0 fully saturated rings. The topological polar surface area (TPSA) is 105 Å². The third kappa shape index (κ3) is 7.45. The molecule has 1 atom stereocenters. The van der Waals surface area contributed by atoms with Crippen LogP contribution in [0.1, 0.15) is 25.8 Å². The van der Waals surface area contributed by atoms with Crippen LogP contribution in [0.3, 0.4) is 0 Å². The number of carbonyl (C=O) groups is 2. The maximum Gasteiger partial charge on any atom is 0.264 e. The van der Waals surface area contributed by atoms with E-state index in [-0.39, 0.29) is 23.0 Å². The lowest BCUT2D eigenvalue weighted by Gasteiger charge is -2.33. The Morgan fingerprint density at radius 3 is 2.05 bits per heavy atom. The highest BCUT2D eigenvalue weighted by molar-refractivity contribution is 7.92. The third-order valence-electron chi connectivity index (χ3n) is 6.27. The molecule has 0 saturated heterocycles. The van der Waals surface area contributed by atoms with Gasteiger partial charge in [-0.05, 0) is 73.5 Å². The van der Waals surface area contributed by atoms with Gasteiger partial charge in [-0.15, -0.1) is 0 Å². The maximum absolute atomic E-state index is 14.0. The fraction of sp³-hybridized carbons (Fsp3) is 0.310. The van der Waals surface area contributed by atoms with Crippen molar-refractivity contribution in [2.75, 3.05) is 31.6 Å². The van der Waals surface area contributed by atoms with E-state index in [1.807, 2.05) is 0 Å². The van der Waals surface area contributed by atoms with E-state index in [9.17, 15) is 18.0 Å². The summed E-state index contributed by atoms with van der Waals surface area (Å²) in [4.78, 5) is 28.4. The number of hydrogen-bond acceptors (Lipinski definition) is 6. The number of amides is 2. The van der Waals surface area contributed by atoms with Gasteiger partial charge >= 0.3 is 0 Å². The van der Waals surface area contributed by atoms with Crippen LogP contribution in [0.25, 0.3) is 0 Å². The molecule has 0 heterocycles. The highest BCUT2D eigenvalue weighted by atomic mass is 35.5. The Morgan fingerprint density at radius 2 is 1.52 bits per heavy atom. The van der Waals surface area contributed by atoms with Gasteiger partial charge in [-0.25, -0.2) is 8.42 Å². The Kier molecular flexibility index (Phi) is 10.8. The van der Waals surface area contributed by atoms with Crippen molar-refractivity contribution in [1.82, 2.24) is 10.2 Å². The standard InChI is InChI=1S/C29H34ClN3O6S/c1-5-27(29(35)31-6-2)32(19-21-10-12-24(38-3)13-11-21)28(34)20-33(23-9-7-8-22(30)18-23)40(36,37)26-16-14-25(39-4)15-17-26/h7-18,27H,5-6,19-20H2,1-4H3,(H,31,35). The Balaban J connectivity index is 2.05. The first kappa shape index (κ1) is 30.8. The highest BCUT2D eigenvalue weighted by Gasteiger charge is 2.33. The molecule has 0 aromatic heterocycles. The van der Waals surface area contributed by atoms with Crippen LogP contribution in [-0.4, -0.2) is 58.5 Å². The largest absolute Gasteiger partial charge is 0.497 e. The van der Waals surface area contributed by atoms with Crippen molar-refractivity contribution in [3.8, 4) is 11.5 Å². The van der Waals surface area contributed by atoms with E-state index >= 15 is 0 Å². The number of methoxy groups -OCH3 is 2. The smallest absolute Gasteiger partial charge is 0.264 e. The predicted octanol–water partition coefficient (Wildman–Crippen LogP) is 4.50. The summed E-state index contributed by atoms with van der Waals surface area (Å²) >= 11 is 6.21. The van der Waals surface area contributed by atoms with Crippen LogP contribution in [-0.2, 0) is 26.2 Å². The number of benzene rings is 3. The molecule has 40 heavy (non-hydrogen) atoms. The molecule has 0 bridgehead atoms. The quantitative estimate of drug-likeness (QED) is 0.316. The summed E-state index contributed by atoms with van der Waals surface area (Å²) in [6.45, 7) is 3.52. The third-order valence-corrected chi connectivity index (χ3v) is 8.29. The van der Waals surface area contributed by atoms with Crippen molar-refractivity contribution in [1.29, 1.82) is 0 Å². The summed E-state index contributed by atoms with van der Waals surface area (Å²) in [5, 5.41) is 3.09. The molecule has 2 amide bonds. The van der Waals surface area contributed by atoms with Gasteiger partial charge in [-0.3, -0.25) is 13.9 Å². The van der Waals surface area contributed by atoms with Gasteiger partial charge in [0.05, 0.1) is 24.8 Å². The first-order valence-electron chi connectivity index (χ1n) is 12.8. The summed E-state index contributed by atoms with van der Waals surface area (Å²) < 4.78 is 39.2. The maximum atomic E-state index is 14.0. The number of sulfonamides is 1. The second-order valence-electron chi connectivity index (χ2n) is 8.86. The Morgan fingerprint density at radius 1 is 0.925 bits per heavy atom. The molecule has 0 spiro atoms. The van der Waals surface area contributed by atoms with Crippen LogP contribution in [0.4, 0.5) is 5.69 Å². The van der Waals surface area contributed by atoms with Crippen molar-refractivity contribution in [3.05, 3.63) is 83.4 Å². The summed E-state index contributed by atoms with van der Waals surface area (Å²) in [5.74, 6) is 0.267. The van der Waals surface area contributed by atoms with Crippen LogP contribution in [0.2, 0.25) is 5.02 Å². The SMILES string of the molecule is CCNC(=O)C(CC)N(Cc1ccc(OC)cc1)C(=O)CN(c1cccc(Cl)c1)S(=O)(=O)c1ccc(OC)cc1. The average molecular weight is 588 g/mol. The van der Waals surface area contributed by atoms with E-state index in [0.717, 1.165) is 9.87 Å². The van der Waals surface area contributed by atoms with Gasteiger partial charge in [0.1, 0.15) is 24.1 Å². The molecule has 3 aromatic carbocycles. The van der Waals surface area contributed by atoms with Gasteiger partial charge in [0.2, 0.25) is 11.8 Å². The number of hydrogen-bond donors (Lipinski definition) is 1. The molecule has 3 rings (SSSR count). The van der Waals surface area contributed by atoms with Crippen LogP contribution in [0.15, 0.2) is 77.7 Å². The van der Waals surface area contributed by atoms with Crippen molar-refractivity contribution in [2.24, 2.45) is 0 Å². The second kappa shape index (κ2) is 14.0. The van der Waals surface area contributed by atoms with Crippen molar-refractivity contribution < 1.29 is 27.5 Å². The zero-order chi connectivity index (χ0) is 29.3. The van der Waals surface area contributed by atoms with Crippen LogP contribution in [0, 0.1) is 0 Å². The Bertz CT molecular complexity index is 1400. The molecule has 1 unspecified atom stereocenters. The minimum atomic E-state index is -4.21. The van der Waals surface area contributed by atoms with E-state index < -0.39 is 28.5 Å². The number of rotatable bonds is 13. The van der Waals surface area contributed by atoms with E-state index in [0.29, 0.717) is 29.5 Å². The van der Waals surface area contributed by atoms with Crippen molar-refractivity contribution >= 4 is 39.1 Å². The number of anilines is 1. The molecule has 0 aliphatic carbocycles. The van der Waals surface area contributed by atoms with E-state index in [1.54, 1.807) is 63.4 Å². The zero-order valence-electron chi connectivity index (χ0n) is 23.0. The van der Waals surface area contributed by atoms with Gasteiger partial charge in [0.15, 0.2) is 0 Å². The summed E-state index contributed by atoms with van der Waals surface area (Å²) in [5.41, 5.74) is 0.969. The van der Waals surface area contributed by atoms with Gasteiger partial charge < -0.3 is 19.7 Å². The second-order valence-corrected chi connectivity index (χ2v) is 11.2. The molecule has 0 saturated carbocycles. The van der Waals surface area contributed by atoms with E-state index in [1.165, 1.54) is 42.3 Å². The van der Waals surface area contributed by atoms with Crippen LogP contribution in [0.5, 0.6) is 11.5 Å². The molecule has 1 N–H and O–H groups in total. The van der Waals surface area contributed by atoms with Crippen LogP contribution >= 0.6 is 11.6 Å². The number of carbonyl (C=O) groups excluding carboxylic acids is 2. The molecule has 0 aliphatic rings. The van der Waals surface area contributed by atoms with Gasteiger partial charge in [-0.1, -0.05) is 36.7 Å². The average Bonchev–Trinajstić information content (AvgIpc) is 2.96. The lowest BCUT2D eigenvalue weighted by Crippen LogP contribution is -2.52. The monoisotopic (exact) mass is 587 g/mol.